The Morgan fingerprint density at radius 3 is 2.50 bits per heavy atom. The van der Waals surface area contributed by atoms with Crippen molar-refractivity contribution in [2.75, 3.05) is 17.2 Å². The van der Waals surface area contributed by atoms with Gasteiger partial charge in [0, 0.05) is 13.1 Å². The van der Waals surface area contributed by atoms with E-state index in [0.717, 1.165) is 24.4 Å². The van der Waals surface area contributed by atoms with E-state index in [4.69, 9.17) is 11.5 Å². The number of anilines is 2. The van der Waals surface area contributed by atoms with E-state index in [9.17, 15) is 4.79 Å². The SMILES string of the molecule is CC(C)c1nn(C)c(N(CC(N)=O)C2CCCC2)c1N. The summed E-state index contributed by atoms with van der Waals surface area (Å²) in [6.07, 6.45) is 4.53. The largest absolute Gasteiger partial charge is 0.394 e. The van der Waals surface area contributed by atoms with Gasteiger partial charge < -0.3 is 16.4 Å². The van der Waals surface area contributed by atoms with E-state index in [1.807, 2.05) is 11.9 Å². The van der Waals surface area contributed by atoms with Crippen LogP contribution in [-0.4, -0.2) is 28.3 Å². The summed E-state index contributed by atoms with van der Waals surface area (Å²) in [5.74, 6) is 0.761. The number of aromatic nitrogens is 2. The van der Waals surface area contributed by atoms with Gasteiger partial charge in [0.2, 0.25) is 5.91 Å². The smallest absolute Gasteiger partial charge is 0.237 e. The van der Waals surface area contributed by atoms with Gasteiger partial charge >= 0.3 is 0 Å². The van der Waals surface area contributed by atoms with Crippen molar-refractivity contribution >= 4 is 17.4 Å². The van der Waals surface area contributed by atoms with Crippen LogP contribution in [0, 0.1) is 0 Å². The lowest BCUT2D eigenvalue weighted by Crippen LogP contribution is -2.41. The second-order valence-corrected chi connectivity index (χ2v) is 5.93. The average Bonchev–Trinajstić information content (AvgIpc) is 2.95. The second-order valence-electron chi connectivity index (χ2n) is 5.93. The van der Waals surface area contributed by atoms with Crippen LogP contribution >= 0.6 is 0 Å². The van der Waals surface area contributed by atoms with Crippen molar-refractivity contribution in [3.63, 3.8) is 0 Å². The molecule has 1 aromatic rings. The molecule has 0 atom stereocenters. The van der Waals surface area contributed by atoms with Crippen LogP contribution in [0.5, 0.6) is 0 Å². The maximum atomic E-state index is 11.4. The Labute approximate surface area is 120 Å². The van der Waals surface area contributed by atoms with Crippen molar-refractivity contribution in [2.45, 2.75) is 51.5 Å². The molecule has 112 valence electrons. The molecule has 0 aromatic carbocycles. The first-order chi connectivity index (χ1) is 9.41. The molecule has 1 saturated carbocycles. The first-order valence-corrected chi connectivity index (χ1v) is 7.29. The molecule has 1 aliphatic carbocycles. The van der Waals surface area contributed by atoms with Crippen LogP contribution in [0.4, 0.5) is 11.5 Å². The van der Waals surface area contributed by atoms with Crippen LogP contribution in [0.3, 0.4) is 0 Å². The van der Waals surface area contributed by atoms with Gasteiger partial charge in [-0.15, -0.1) is 0 Å². The van der Waals surface area contributed by atoms with E-state index in [-0.39, 0.29) is 18.4 Å². The van der Waals surface area contributed by atoms with Crippen molar-refractivity contribution in [3.05, 3.63) is 5.69 Å². The highest BCUT2D eigenvalue weighted by Gasteiger charge is 2.29. The van der Waals surface area contributed by atoms with Crippen molar-refractivity contribution in [1.29, 1.82) is 0 Å². The highest BCUT2D eigenvalue weighted by Crippen LogP contribution is 2.35. The molecule has 6 nitrogen and oxygen atoms in total. The maximum absolute atomic E-state index is 11.4. The third-order valence-corrected chi connectivity index (χ3v) is 3.99. The molecule has 0 radical (unpaired) electrons. The van der Waals surface area contributed by atoms with Crippen LogP contribution in [0.1, 0.15) is 51.1 Å². The van der Waals surface area contributed by atoms with Gasteiger partial charge in [0.1, 0.15) is 0 Å². The van der Waals surface area contributed by atoms with Gasteiger partial charge in [-0.2, -0.15) is 5.10 Å². The number of nitrogens with zero attached hydrogens (tertiary/aromatic N) is 3. The minimum absolute atomic E-state index is 0.200. The van der Waals surface area contributed by atoms with Gasteiger partial charge in [-0.25, -0.2) is 0 Å². The standard InChI is InChI=1S/C14H25N5O/c1-9(2)13-12(16)14(18(3)17-13)19(8-11(15)20)10-6-4-5-7-10/h9-10H,4-8,16H2,1-3H3,(H2,15,20). The normalized spacial score (nSPS) is 16.0. The Bertz CT molecular complexity index is 488. The summed E-state index contributed by atoms with van der Waals surface area (Å²) in [5.41, 5.74) is 13.2. The van der Waals surface area contributed by atoms with Gasteiger partial charge in [0.25, 0.3) is 0 Å². The third-order valence-electron chi connectivity index (χ3n) is 3.99. The van der Waals surface area contributed by atoms with E-state index in [0.29, 0.717) is 11.7 Å². The Hall–Kier alpha value is -1.72. The number of nitrogens with two attached hydrogens (primary N) is 2. The summed E-state index contributed by atoms with van der Waals surface area (Å²) in [6, 6.07) is 0.334. The fraction of sp³-hybridized carbons (Fsp3) is 0.714. The van der Waals surface area contributed by atoms with E-state index >= 15 is 0 Å². The van der Waals surface area contributed by atoms with Gasteiger partial charge in [0.15, 0.2) is 5.82 Å². The molecule has 1 aliphatic rings. The van der Waals surface area contributed by atoms with E-state index in [2.05, 4.69) is 18.9 Å². The van der Waals surface area contributed by atoms with Crippen LogP contribution in [-0.2, 0) is 11.8 Å². The Balaban J connectivity index is 2.39. The van der Waals surface area contributed by atoms with Crippen LogP contribution < -0.4 is 16.4 Å². The molecular formula is C14H25N5O. The van der Waals surface area contributed by atoms with Gasteiger partial charge in [0.05, 0.1) is 17.9 Å². The zero-order valence-electron chi connectivity index (χ0n) is 12.6. The molecule has 4 N–H and O–H groups in total. The third kappa shape index (κ3) is 2.73. The molecule has 0 unspecified atom stereocenters. The Morgan fingerprint density at radius 2 is 2.05 bits per heavy atom. The molecule has 20 heavy (non-hydrogen) atoms. The Kier molecular flexibility index (Phi) is 4.20. The van der Waals surface area contributed by atoms with E-state index in [1.165, 1.54) is 12.8 Å². The predicted octanol–water partition coefficient (Wildman–Crippen LogP) is 1.36. The highest BCUT2D eigenvalue weighted by atomic mass is 16.1. The van der Waals surface area contributed by atoms with Gasteiger partial charge in [-0.3, -0.25) is 9.48 Å². The number of hydrogen-bond donors (Lipinski definition) is 2. The van der Waals surface area contributed by atoms with Crippen molar-refractivity contribution in [3.8, 4) is 0 Å². The number of primary amides is 1. The second kappa shape index (κ2) is 5.73. The molecule has 0 aliphatic heterocycles. The molecule has 0 saturated heterocycles. The highest BCUT2D eigenvalue weighted by molar-refractivity contribution is 5.81. The number of carbonyl (C=O) groups is 1. The molecule has 1 fully saturated rings. The fourth-order valence-electron chi connectivity index (χ4n) is 3.08. The zero-order valence-corrected chi connectivity index (χ0v) is 12.6. The Morgan fingerprint density at radius 1 is 1.45 bits per heavy atom. The number of rotatable bonds is 5. The molecule has 0 spiro atoms. The zero-order chi connectivity index (χ0) is 14.9. The monoisotopic (exact) mass is 279 g/mol. The summed E-state index contributed by atoms with van der Waals surface area (Å²) in [5, 5.41) is 4.51. The first kappa shape index (κ1) is 14.7. The molecule has 2 rings (SSSR count). The topological polar surface area (TPSA) is 90.2 Å². The molecular weight excluding hydrogens is 254 g/mol. The maximum Gasteiger partial charge on any atom is 0.237 e. The summed E-state index contributed by atoms with van der Waals surface area (Å²) in [7, 11) is 1.88. The van der Waals surface area contributed by atoms with E-state index < -0.39 is 0 Å². The first-order valence-electron chi connectivity index (χ1n) is 7.29. The fourth-order valence-corrected chi connectivity index (χ4v) is 3.08. The predicted molar refractivity (Wildman–Crippen MR) is 80.5 cm³/mol. The quantitative estimate of drug-likeness (QED) is 0.851. The lowest BCUT2D eigenvalue weighted by molar-refractivity contribution is -0.116. The lowest BCUT2D eigenvalue weighted by Gasteiger charge is -2.30. The minimum atomic E-state index is -0.330. The molecule has 1 heterocycles. The van der Waals surface area contributed by atoms with Crippen molar-refractivity contribution in [2.24, 2.45) is 12.8 Å². The van der Waals surface area contributed by atoms with Crippen LogP contribution in [0.25, 0.3) is 0 Å². The van der Waals surface area contributed by atoms with Gasteiger partial charge in [-0.1, -0.05) is 26.7 Å². The van der Waals surface area contributed by atoms with E-state index in [1.54, 1.807) is 4.68 Å². The summed E-state index contributed by atoms with van der Waals surface area (Å²) in [4.78, 5) is 13.5. The number of hydrogen-bond acceptors (Lipinski definition) is 4. The number of aryl methyl sites for hydroxylation is 1. The minimum Gasteiger partial charge on any atom is -0.394 e. The van der Waals surface area contributed by atoms with Crippen LogP contribution in [0.15, 0.2) is 0 Å². The molecule has 6 heteroatoms. The van der Waals surface area contributed by atoms with Gasteiger partial charge in [-0.05, 0) is 18.8 Å². The average molecular weight is 279 g/mol. The van der Waals surface area contributed by atoms with Crippen molar-refractivity contribution < 1.29 is 4.79 Å². The number of amides is 1. The molecule has 0 bridgehead atoms. The number of carbonyl (C=O) groups excluding carboxylic acids is 1. The lowest BCUT2D eigenvalue weighted by atomic mass is 10.1. The molecule has 1 amide bonds. The number of nitrogen functional groups attached to an aromatic ring is 1. The summed E-state index contributed by atoms with van der Waals surface area (Å²) < 4.78 is 1.78. The summed E-state index contributed by atoms with van der Waals surface area (Å²) in [6.45, 7) is 4.33. The van der Waals surface area contributed by atoms with Crippen molar-refractivity contribution in [1.82, 2.24) is 9.78 Å². The molecule has 1 aromatic heterocycles. The van der Waals surface area contributed by atoms with Crippen LogP contribution in [0.2, 0.25) is 0 Å². The summed E-state index contributed by atoms with van der Waals surface area (Å²) >= 11 is 0.